The van der Waals surface area contributed by atoms with Crippen LogP contribution in [-0.4, -0.2) is 24.1 Å². The molecule has 0 aromatic heterocycles. The SMILES string of the molecule is CCCCNC(=O)/C(C)=C\C(=O)Nc1ccc(C(C)=O)cc1. The molecule has 0 heterocycles. The van der Waals surface area contributed by atoms with Gasteiger partial charge in [-0.25, -0.2) is 0 Å². The highest BCUT2D eigenvalue weighted by Gasteiger charge is 2.07. The van der Waals surface area contributed by atoms with Crippen LogP contribution < -0.4 is 10.6 Å². The number of unbranched alkanes of at least 4 members (excludes halogenated alkanes) is 1. The van der Waals surface area contributed by atoms with Crippen molar-refractivity contribution in [3.05, 3.63) is 41.5 Å². The summed E-state index contributed by atoms with van der Waals surface area (Å²) >= 11 is 0. The van der Waals surface area contributed by atoms with E-state index in [4.69, 9.17) is 0 Å². The predicted octanol–water partition coefficient (Wildman–Crippen LogP) is 2.69. The van der Waals surface area contributed by atoms with Crippen LogP contribution in [0.4, 0.5) is 5.69 Å². The lowest BCUT2D eigenvalue weighted by atomic mass is 10.1. The van der Waals surface area contributed by atoms with Gasteiger partial charge >= 0.3 is 0 Å². The molecule has 0 bridgehead atoms. The predicted molar refractivity (Wildman–Crippen MR) is 86.8 cm³/mol. The maximum atomic E-state index is 11.8. The standard InChI is InChI=1S/C17H22N2O3/c1-4-5-10-18-17(22)12(2)11-16(21)19-15-8-6-14(7-9-15)13(3)20/h6-9,11H,4-5,10H2,1-3H3,(H,18,22)(H,19,21)/b12-11-. The van der Waals surface area contributed by atoms with Gasteiger partial charge in [0.05, 0.1) is 0 Å². The van der Waals surface area contributed by atoms with Crippen LogP contribution in [0.25, 0.3) is 0 Å². The van der Waals surface area contributed by atoms with Crippen LogP contribution in [0.5, 0.6) is 0 Å². The highest BCUT2D eigenvalue weighted by Crippen LogP contribution is 2.10. The summed E-state index contributed by atoms with van der Waals surface area (Å²) in [5, 5.41) is 5.40. The highest BCUT2D eigenvalue weighted by molar-refractivity contribution is 6.06. The number of rotatable bonds is 7. The summed E-state index contributed by atoms with van der Waals surface area (Å²) in [6.45, 7) is 5.73. The molecule has 2 amide bonds. The molecule has 5 nitrogen and oxygen atoms in total. The van der Waals surface area contributed by atoms with Crippen LogP contribution >= 0.6 is 0 Å². The van der Waals surface area contributed by atoms with Crippen LogP contribution in [0.15, 0.2) is 35.9 Å². The van der Waals surface area contributed by atoms with Gasteiger partial charge in [0.1, 0.15) is 0 Å². The number of hydrogen-bond donors (Lipinski definition) is 2. The molecule has 1 aromatic carbocycles. The van der Waals surface area contributed by atoms with Crippen molar-refractivity contribution < 1.29 is 14.4 Å². The fourth-order valence-corrected chi connectivity index (χ4v) is 1.75. The first-order valence-electron chi connectivity index (χ1n) is 7.32. The Bertz CT molecular complexity index is 574. The molecule has 0 saturated carbocycles. The van der Waals surface area contributed by atoms with E-state index in [1.54, 1.807) is 31.2 Å². The fourth-order valence-electron chi connectivity index (χ4n) is 1.75. The normalized spacial score (nSPS) is 11.0. The number of benzene rings is 1. The van der Waals surface area contributed by atoms with E-state index in [2.05, 4.69) is 10.6 Å². The molecule has 2 N–H and O–H groups in total. The number of hydrogen-bond acceptors (Lipinski definition) is 3. The summed E-state index contributed by atoms with van der Waals surface area (Å²) < 4.78 is 0. The zero-order valence-electron chi connectivity index (χ0n) is 13.2. The summed E-state index contributed by atoms with van der Waals surface area (Å²) in [5.41, 5.74) is 1.51. The smallest absolute Gasteiger partial charge is 0.248 e. The topological polar surface area (TPSA) is 75.3 Å². The van der Waals surface area contributed by atoms with Gasteiger partial charge in [-0.2, -0.15) is 0 Å². The molecule has 5 heteroatoms. The molecule has 1 aromatic rings. The van der Waals surface area contributed by atoms with Gasteiger partial charge in [-0.05, 0) is 44.5 Å². The minimum atomic E-state index is -0.376. The van der Waals surface area contributed by atoms with Gasteiger partial charge in [0.2, 0.25) is 11.8 Å². The van der Waals surface area contributed by atoms with Gasteiger partial charge in [-0.15, -0.1) is 0 Å². The van der Waals surface area contributed by atoms with Crippen molar-refractivity contribution in [3.8, 4) is 0 Å². The van der Waals surface area contributed by atoms with Crippen molar-refractivity contribution in [2.75, 3.05) is 11.9 Å². The van der Waals surface area contributed by atoms with Crippen LogP contribution in [0.3, 0.4) is 0 Å². The van der Waals surface area contributed by atoms with E-state index in [0.717, 1.165) is 12.8 Å². The maximum Gasteiger partial charge on any atom is 0.248 e. The first-order valence-corrected chi connectivity index (χ1v) is 7.32. The van der Waals surface area contributed by atoms with Crippen molar-refractivity contribution in [1.29, 1.82) is 0 Å². The van der Waals surface area contributed by atoms with Crippen molar-refractivity contribution >= 4 is 23.3 Å². The van der Waals surface area contributed by atoms with Crippen molar-refractivity contribution in [2.24, 2.45) is 0 Å². The minimum absolute atomic E-state index is 0.0302. The third kappa shape index (κ3) is 5.91. The highest BCUT2D eigenvalue weighted by atomic mass is 16.2. The molecule has 0 fully saturated rings. The second kappa shape index (κ2) is 8.77. The Labute approximate surface area is 130 Å². The molecule has 0 unspecified atom stereocenters. The monoisotopic (exact) mass is 302 g/mol. The quantitative estimate of drug-likeness (QED) is 0.462. The Morgan fingerprint density at radius 1 is 1.09 bits per heavy atom. The summed E-state index contributed by atoms with van der Waals surface area (Å²) in [6.07, 6.45) is 3.17. The van der Waals surface area contributed by atoms with E-state index < -0.39 is 0 Å². The third-order valence-corrected chi connectivity index (χ3v) is 3.08. The summed E-state index contributed by atoms with van der Waals surface area (Å²) in [6, 6.07) is 6.59. The van der Waals surface area contributed by atoms with Crippen LogP contribution in [0.1, 0.15) is 44.0 Å². The molecule has 0 aliphatic rings. The molecular formula is C17H22N2O3. The van der Waals surface area contributed by atoms with Gasteiger partial charge in [-0.1, -0.05) is 13.3 Å². The molecule has 118 valence electrons. The van der Waals surface area contributed by atoms with Gasteiger partial charge in [0, 0.05) is 29.4 Å². The molecule has 0 aliphatic heterocycles. The molecule has 0 saturated heterocycles. The number of anilines is 1. The minimum Gasteiger partial charge on any atom is -0.352 e. The summed E-state index contributed by atoms with van der Waals surface area (Å²) in [4.78, 5) is 34.7. The zero-order valence-corrected chi connectivity index (χ0v) is 13.2. The van der Waals surface area contributed by atoms with Crippen molar-refractivity contribution in [2.45, 2.75) is 33.6 Å². The average Bonchev–Trinajstić information content (AvgIpc) is 2.47. The molecular weight excluding hydrogens is 280 g/mol. The van der Waals surface area contributed by atoms with Gasteiger partial charge in [-0.3, -0.25) is 14.4 Å². The van der Waals surface area contributed by atoms with E-state index in [-0.39, 0.29) is 17.6 Å². The number of Topliss-reactive ketones (excluding diaryl/α,β-unsaturated/α-hetero) is 1. The molecule has 0 radical (unpaired) electrons. The number of amides is 2. The van der Waals surface area contributed by atoms with Crippen LogP contribution in [0, 0.1) is 0 Å². The number of nitrogens with one attached hydrogen (secondary N) is 2. The summed E-state index contributed by atoms with van der Waals surface area (Å²) in [5.74, 6) is -0.647. The zero-order chi connectivity index (χ0) is 16.5. The van der Waals surface area contributed by atoms with E-state index in [0.29, 0.717) is 23.4 Å². The molecule has 0 atom stereocenters. The molecule has 1 rings (SSSR count). The molecule has 0 spiro atoms. The Morgan fingerprint density at radius 2 is 1.73 bits per heavy atom. The van der Waals surface area contributed by atoms with Gasteiger partial charge in [0.15, 0.2) is 5.78 Å². The average molecular weight is 302 g/mol. The van der Waals surface area contributed by atoms with Crippen LogP contribution in [-0.2, 0) is 9.59 Å². The first kappa shape index (κ1) is 17.6. The lowest BCUT2D eigenvalue weighted by molar-refractivity contribution is -0.118. The lowest BCUT2D eigenvalue weighted by Crippen LogP contribution is -2.25. The Morgan fingerprint density at radius 3 is 2.27 bits per heavy atom. The van der Waals surface area contributed by atoms with E-state index in [1.807, 2.05) is 6.92 Å². The molecule has 0 aliphatic carbocycles. The van der Waals surface area contributed by atoms with E-state index in [1.165, 1.54) is 13.0 Å². The lowest BCUT2D eigenvalue weighted by Gasteiger charge is -2.06. The first-order chi connectivity index (χ1) is 10.4. The van der Waals surface area contributed by atoms with Gasteiger partial charge in [0.25, 0.3) is 0 Å². The Kier molecular flexibility index (Phi) is 7.02. The number of ketones is 1. The maximum absolute atomic E-state index is 11.8. The van der Waals surface area contributed by atoms with Crippen molar-refractivity contribution in [1.82, 2.24) is 5.32 Å². The second-order valence-electron chi connectivity index (χ2n) is 5.06. The summed E-state index contributed by atoms with van der Waals surface area (Å²) in [7, 11) is 0. The second-order valence-corrected chi connectivity index (χ2v) is 5.06. The van der Waals surface area contributed by atoms with E-state index >= 15 is 0 Å². The number of carbonyl (C=O) groups is 3. The number of carbonyl (C=O) groups excluding carboxylic acids is 3. The fraction of sp³-hybridized carbons (Fsp3) is 0.353. The Balaban J connectivity index is 2.58. The Hall–Kier alpha value is -2.43. The third-order valence-electron chi connectivity index (χ3n) is 3.08. The van der Waals surface area contributed by atoms with E-state index in [9.17, 15) is 14.4 Å². The van der Waals surface area contributed by atoms with Gasteiger partial charge < -0.3 is 10.6 Å². The van der Waals surface area contributed by atoms with Crippen molar-refractivity contribution in [3.63, 3.8) is 0 Å². The molecule has 22 heavy (non-hydrogen) atoms. The largest absolute Gasteiger partial charge is 0.352 e. The van der Waals surface area contributed by atoms with Crippen LogP contribution in [0.2, 0.25) is 0 Å².